The van der Waals surface area contributed by atoms with Crippen LogP contribution in [-0.2, 0) is 6.18 Å². The summed E-state index contributed by atoms with van der Waals surface area (Å²) in [5.41, 5.74) is 0.192. The van der Waals surface area contributed by atoms with E-state index in [4.69, 9.17) is 0 Å². The quantitative estimate of drug-likeness (QED) is 0.464. The number of benzene rings is 2. The van der Waals surface area contributed by atoms with Gasteiger partial charge in [0.15, 0.2) is 11.4 Å². The number of fused-ring (bicyclic) bond motifs is 1. The Morgan fingerprint density at radius 1 is 1.03 bits per heavy atom. The monoisotopic (exact) mass is 411 g/mol. The molecule has 0 aliphatic carbocycles. The second kappa shape index (κ2) is 7.25. The van der Waals surface area contributed by atoms with Crippen molar-refractivity contribution in [3.8, 4) is 0 Å². The van der Waals surface area contributed by atoms with Crippen molar-refractivity contribution in [3.63, 3.8) is 0 Å². The molecule has 0 fully saturated rings. The van der Waals surface area contributed by atoms with Gasteiger partial charge in [0.1, 0.15) is 5.82 Å². The van der Waals surface area contributed by atoms with Crippen molar-refractivity contribution < 1.29 is 18.0 Å². The number of alkyl halides is 3. The molecule has 9 heteroatoms. The Balaban J connectivity index is 1.81. The third-order valence-electron chi connectivity index (χ3n) is 4.60. The van der Waals surface area contributed by atoms with E-state index >= 15 is 0 Å². The fraction of sp³-hybridized carbons (Fsp3) is 0.143. The first-order chi connectivity index (χ1) is 14.3. The molecular formula is C21H16F3N5O. The number of hydrogen-bond acceptors (Lipinski definition) is 5. The van der Waals surface area contributed by atoms with Gasteiger partial charge in [-0.25, -0.2) is 4.98 Å². The summed E-state index contributed by atoms with van der Waals surface area (Å²) in [5.74, 6) is 0.230. The lowest BCUT2D eigenvalue weighted by Crippen LogP contribution is -2.17. The van der Waals surface area contributed by atoms with Crippen molar-refractivity contribution in [2.24, 2.45) is 0 Å². The van der Waals surface area contributed by atoms with Crippen LogP contribution < -0.4 is 4.90 Å². The predicted molar refractivity (Wildman–Crippen MR) is 105 cm³/mol. The summed E-state index contributed by atoms with van der Waals surface area (Å²) in [6.45, 7) is 1.67. The van der Waals surface area contributed by atoms with Crippen LogP contribution in [0.4, 0.5) is 24.8 Å². The van der Waals surface area contributed by atoms with Gasteiger partial charge in [-0.1, -0.05) is 30.3 Å². The molecule has 0 atom stereocenters. The van der Waals surface area contributed by atoms with Crippen molar-refractivity contribution in [3.05, 3.63) is 83.3 Å². The second-order valence-electron chi connectivity index (χ2n) is 6.67. The van der Waals surface area contributed by atoms with Crippen LogP contribution in [0.25, 0.3) is 5.65 Å². The molecule has 0 unspecified atom stereocenters. The lowest BCUT2D eigenvalue weighted by molar-refractivity contribution is -0.137. The number of para-hydroxylation sites is 1. The third kappa shape index (κ3) is 3.49. The van der Waals surface area contributed by atoms with E-state index in [9.17, 15) is 18.0 Å². The Kier molecular flexibility index (Phi) is 4.73. The second-order valence-corrected chi connectivity index (χ2v) is 6.67. The molecule has 6 nitrogen and oxygen atoms in total. The first-order valence-electron chi connectivity index (χ1n) is 8.99. The van der Waals surface area contributed by atoms with Gasteiger partial charge in [-0.2, -0.15) is 27.8 Å². The summed E-state index contributed by atoms with van der Waals surface area (Å²) >= 11 is 0. The highest BCUT2D eigenvalue weighted by Crippen LogP contribution is 2.30. The standard InChI is InChI=1S/C21H16F3N5O/c1-13-26-19-17(18(30)14-7-6-8-15(11-14)21(22,23)24)12-25-29(19)20(27-13)28(2)16-9-4-3-5-10-16/h3-12H,1-2H3. The molecule has 0 amide bonds. The van der Waals surface area contributed by atoms with Gasteiger partial charge in [-0.05, 0) is 31.2 Å². The molecule has 2 heterocycles. The van der Waals surface area contributed by atoms with Gasteiger partial charge in [0.2, 0.25) is 5.95 Å². The molecule has 0 aliphatic heterocycles. The van der Waals surface area contributed by atoms with E-state index in [2.05, 4.69) is 15.1 Å². The molecule has 30 heavy (non-hydrogen) atoms. The number of nitrogens with zero attached hydrogens (tertiary/aromatic N) is 5. The van der Waals surface area contributed by atoms with Crippen molar-refractivity contribution in [1.82, 2.24) is 19.6 Å². The minimum absolute atomic E-state index is 0.0889. The van der Waals surface area contributed by atoms with Crippen molar-refractivity contribution in [2.45, 2.75) is 13.1 Å². The van der Waals surface area contributed by atoms with Gasteiger partial charge in [-0.3, -0.25) is 4.79 Å². The van der Waals surface area contributed by atoms with Gasteiger partial charge in [0.05, 0.1) is 17.3 Å². The molecule has 0 saturated carbocycles. The fourth-order valence-corrected chi connectivity index (χ4v) is 3.10. The SMILES string of the molecule is Cc1nc(N(C)c2ccccc2)n2ncc(C(=O)c3cccc(C(F)(F)F)c3)c2n1. The van der Waals surface area contributed by atoms with E-state index in [1.165, 1.54) is 22.8 Å². The normalized spacial score (nSPS) is 11.6. The Labute approximate surface area is 169 Å². The molecular weight excluding hydrogens is 395 g/mol. The Morgan fingerprint density at radius 3 is 2.47 bits per heavy atom. The molecule has 2 aromatic carbocycles. The van der Waals surface area contributed by atoms with Crippen molar-refractivity contribution in [1.29, 1.82) is 0 Å². The van der Waals surface area contributed by atoms with E-state index in [1.54, 1.807) is 18.9 Å². The van der Waals surface area contributed by atoms with Crippen LogP contribution in [0.2, 0.25) is 0 Å². The maximum atomic E-state index is 13.0. The molecule has 0 N–H and O–H groups in total. The highest BCUT2D eigenvalue weighted by Gasteiger charge is 2.31. The summed E-state index contributed by atoms with van der Waals surface area (Å²) in [5, 5.41) is 4.23. The molecule has 4 rings (SSSR count). The van der Waals surface area contributed by atoms with Crippen LogP contribution in [-0.4, -0.2) is 32.4 Å². The number of ketones is 1. The number of aromatic nitrogens is 4. The Hall–Kier alpha value is -3.75. The van der Waals surface area contributed by atoms with E-state index in [0.717, 1.165) is 17.8 Å². The summed E-state index contributed by atoms with van der Waals surface area (Å²) in [6, 6.07) is 13.7. The summed E-state index contributed by atoms with van der Waals surface area (Å²) < 4.78 is 40.5. The van der Waals surface area contributed by atoms with Crippen LogP contribution in [0.5, 0.6) is 0 Å². The first-order valence-corrected chi connectivity index (χ1v) is 8.99. The number of rotatable bonds is 4. The zero-order valence-electron chi connectivity index (χ0n) is 16.1. The van der Waals surface area contributed by atoms with E-state index in [1.807, 2.05) is 30.3 Å². The average molecular weight is 411 g/mol. The molecule has 0 aliphatic rings. The zero-order chi connectivity index (χ0) is 21.5. The largest absolute Gasteiger partial charge is 0.416 e. The number of aryl methyl sites for hydroxylation is 1. The molecule has 152 valence electrons. The fourth-order valence-electron chi connectivity index (χ4n) is 3.10. The maximum absolute atomic E-state index is 13.0. The average Bonchev–Trinajstić information content (AvgIpc) is 3.16. The van der Waals surface area contributed by atoms with E-state index < -0.39 is 17.5 Å². The van der Waals surface area contributed by atoms with Crippen molar-refractivity contribution in [2.75, 3.05) is 11.9 Å². The lowest BCUT2D eigenvalue weighted by atomic mass is 10.0. The summed E-state index contributed by atoms with van der Waals surface area (Å²) in [7, 11) is 1.80. The van der Waals surface area contributed by atoms with Crippen LogP contribution >= 0.6 is 0 Å². The molecule has 0 spiro atoms. The number of anilines is 2. The summed E-state index contributed by atoms with van der Waals surface area (Å²) in [4.78, 5) is 23.5. The number of carbonyl (C=O) groups is 1. The van der Waals surface area contributed by atoms with Gasteiger partial charge in [-0.15, -0.1) is 0 Å². The minimum atomic E-state index is -4.54. The highest BCUT2D eigenvalue weighted by atomic mass is 19.4. The van der Waals surface area contributed by atoms with Gasteiger partial charge in [0, 0.05) is 18.3 Å². The van der Waals surface area contributed by atoms with Gasteiger partial charge in [0.25, 0.3) is 0 Å². The molecule has 4 aromatic rings. The third-order valence-corrected chi connectivity index (χ3v) is 4.60. The van der Waals surface area contributed by atoms with E-state index in [-0.39, 0.29) is 16.8 Å². The lowest BCUT2D eigenvalue weighted by Gasteiger charge is -2.19. The molecule has 0 radical (unpaired) electrons. The van der Waals surface area contributed by atoms with E-state index in [0.29, 0.717) is 11.8 Å². The first kappa shape index (κ1) is 19.6. The minimum Gasteiger partial charge on any atom is -0.313 e. The smallest absolute Gasteiger partial charge is 0.313 e. The molecule has 0 saturated heterocycles. The number of halogens is 3. The number of hydrogen-bond donors (Lipinski definition) is 0. The maximum Gasteiger partial charge on any atom is 0.416 e. The van der Waals surface area contributed by atoms with Crippen LogP contribution in [0.15, 0.2) is 60.8 Å². The number of carbonyl (C=O) groups excluding carboxylic acids is 1. The Bertz CT molecular complexity index is 1230. The predicted octanol–water partition coefficient (Wildman–Crippen LogP) is 4.45. The molecule has 0 bridgehead atoms. The highest BCUT2D eigenvalue weighted by molar-refractivity contribution is 6.12. The van der Waals surface area contributed by atoms with Crippen LogP contribution in [0.3, 0.4) is 0 Å². The Morgan fingerprint density at radius 2 is 1.77 bits per heavy atom. The van der Waals surface area contributed by atoms with Gasteiger partial charge < -0.3 is 4.90 Å². The van der Waals surface area contributed by atoms with Crippen LogP contribution in [0, 0.1) is 6.92 Å². The molecule has 2 aromatic heterocycles. The van der Waals surface area contributed by atoms with Crippen molar-refractivity contribution >= 4 is 23.1 Å². The summed E-state index contributed by atoms with van der Waals surface area (Å²) in [6.07, 6.45) is -3.24. The zero-order valence-corrected chi connectivity index (χ0v) is 16.1. The topological polar surface area (TPSA) is 63.4 Å². The van der Waals surface area contributed by atoms with Gasteiger partial charge >= 0.3 is 6.18 Å². The van der Waals surface area contributed by atoms with Crippen LogP contribution in [0.1, 0.15) is 27.3 Å².